The number of carbonyl (C=O) groups excluding carboxylic acids is 1. The van der Waals surface area contributed by atoms with Gasteiger partial charge < -0.3 is 15.2 Å². The molecular formula is C22H28N6O. The molecule has 0 saturated carbocycles. The Hall–Kier alpha value is -2.96. The number of carbonyl (C=O) groups is 1. The highest BCUT2D eigenvalue weighted by Crippen LogP contribution is 2.25. The van der Waals surface area contributed by atoms with Crippen LogP contribution >= 0.6 is 0 Å². The molecule has 0 bridgehead atoms. The van der Waals surface area contributed by atoms with E-state index in [-0.39, 0.29) is 17.9 Å². The van der Waals surface area contributed by atoms with E-state index in [4.69, 9.17) is 4.98 Å². The van der Waals surface area contributed by atoms with Gasteiger partial charge in [-0.05, 0) is 43.4 Å². The van der Waals surface area contributed by atoms with Gasteiger partial charge in [-0.1, -0.05) is 26.0 Å². The highest BCUT2D eigenvalue weighted by atomic mass is 16.2. The van der Waals surface area contributed by atoms with Crippen LogP contribution in [0, 0.1) is 11.8 Å². The number of anilines is 1. The van der Waals surface area contributed by atoms with E-state index in [0.29, 0.717) is 18.4 Å². The van der Waals surface area contributed by atoms with Crippen LogP contribution in [0.15, 0.2) is 42.7 Å². The first-order chi connectivity index (χ1) is 14.1. The molecule has 1 saturated heterocycles. The quantitative estimate of drug-likeness (QED) is 0.671. The van der Waals surface area contributed by atoms with Crippen LogP contribution in [0.1, 0.15) is 45.0 Å². The Kier molecular flexibility index (Phi) is 5.74. The summed E-state index contributed by atoms with van der Waals surface area (Å²) in [5, 5.41) is 3.27. The van der Waals surface area contributed by atoms with Crippen molar-refractivity contribution in [1.82, 2.24) is 25.3 Å². The number of para-hydroxylation sites is 2. The van der Waals surface area contributed by atoms with Gasteiger partial charge in [-0.25, -0.2) is 15.0 Å². The van der Waals surface area contributed by atoms with Crippen molar-refractivity contribution < 1.29 is 4.79 Å². The maximum Gasteiger partial charge on any atom is 0.225 e. The standard InChI is InChI=1S/C22H28N6O/c1-15(2)13-19(20-25-17-8-3-4-9-18(17)26-20)27-21(29)16-7-5-12-28(14-16)22-23-10-6-11-24-22/h3-4,6,8-11,15-16,19H,5,7,12-14H2,1-2H3,(H,25,26)(H,27,29)/t16-,19-/m0/s1. The minimum absolute atomic E-state index is 0.0772. The molecule has 0 spiro atoms. The molecule has 1 aliphatic heterocycles. The van der Waals surface area contributed by atoms with Gasteiger partial charge in [-0.2, -0.15) is 0 Å². The predicted octanol–water partition coefficient (Wildman–Crippen LogP) is 3.47. The van der Waals surface area contributed by atoms with Crippen molar-refractivity contribution in [3.05, 3.63) is 48.5 Å². The summed E-state index contributed by atoms with van der Waals surface area (Å²) in [7, 11) is 0. The zero-order chi connectivity index (χ0) is 20.2. The van der Waals surface area contributed by atoms with Crippen LogP contribution in [0.3, 0.4) is 0 Å². The Morgan fingerprint density at radius 2 is 2.03 bits per heavy atom. The molecule has 1 aromatic carbocycles. The van der Waals surface area contributed by atoms with Gasteiger partial charge in [-0.3, -0.25) is 4.79 Å². The molecular weight excluding hydrogens is 364 g/mol. The Labute approximate surface area is 171 Å². The first kappa shape index (κ1) is 19.4. The molecule has 2 N–H and O–H groups in total. The SMILES string of the molecule is CC(C)C[C@H](NC(=O)[C@H]1CCCN(c2ncccn2)C1)c1nc2ccccc2[nH]1. The number of rotatable bonds is 6. The molecule has 2 atom stereocenters. The van der Waals surface area contributed by atoms with Gasteiger partial charge in [0.25, 0.3) is 0 Å². The van der Waals surface area contributed by atoms with E-state index in [1.54, 1.807) is 12.4 Å². The molecule has 0 aliphatic carbocycles. The van der Waals surface area contributed by atoms with Gasteiger partial charge >= 0.3 is 0 Å². The number of fused-ring (bicyclic) bond motifs is 1. The van der Waals surface area contributed by atoms with Crippen molar-refractivity contribution in [2.24, 2.45) is 11.8 Å². The molecule has 29 heavy (non-hydrogen) atoms. The third-order valence-corrected chi connectivity index (χ3v) is 5.39. The minimum atomic E-state index is -0.127. The molecule has 1 fully saturated rings. The zero-order valence-electron chi connectivity index (χ0n) is 17.0. The maximum absolute atomic E-state index is 13.1. The largest absolute Gasteiger partial charge is 0.346 e. The molecule has 0 unspecified atom stereocenters. The second kappa shape index (κ2) is 8.59. The number of amides is 1. The Morgan fingerprint density at radius 3 is 2.79 bits per heavy atom. The maximum atomic E-state index is 13.1. The number of nitrogens with zero attached hydrogens (tertiary/aromatic N) is 4. The van der Waals surface area contributed by atoms with Crippen molar-refractivity contribution in [1.29, 1.82) is 0 Å². The van der Waals surface area contributed by atoms with Gasteiger partial charge in [-0.15, -0.1) is 0 Å². The van der Waals surface area contributed by atoms with E-state index >= 15 is 0 Å². The second-order valence-corrected chi connectivity index (χ2v) is 8.16. The Balaban J connectivity index is 1.48. The number of nitrogens with one attached hydrogen (secondary N) is 2. The van der Waals surface area contributed by atoms with E-state index in [9.17, 15) is 4.79 Å². The van der Waals surface area contributed by atoms with Gasteiger partial charge in [0, 0.05) is 25.5 Å². The van der Waals surface area contributed by atoms with Crippen LogP contribution < -0.4 is 10.2 Å². The van der Waals surface area contributed by atoms with Crippen LogP contribution in [0.4, 0.5) is 5.95 Å². The van der Waals surface area contributed by atoms with E-state index < -0.39 is 0 Å². The number of imidazole rings is 1. The molecule has 0 radical (unpaired) electrons. The van der Waals surface area contributed by atoms with E-state index in [2.05, 4.69) is 39.0 Å². The van der Waals surface area contributed by atoms with Crippen LogP contribution in [-0.4, -0.2) is 38.9 Å². The molecule has 1 amide bonds. The van der Waals surface area contributed by atoms with Crippen molar-refractivity contribution in [2.75, 3.05) is 18.0 Å². The number of piperidine rings is 1. The predicted molar refractivity (Wildman–Crippen MR) is 113 cm³/mol. The highest BCUT2D eigenvalue weighted by molar-refractivity contribution is 5.80. The van der Waals surface area contributed by atoms with Gasteiger partial charge in [0.1, 0.15) is 5.82 Å². The lowest BCUT2D eigenvalue weighted by Crippen LogP contribution is -2.44. The lowest BCUT2D eigenvalue weighted by atomic mass is 9.96. The molecule has 1 aliphatic rings. The van der Waals surface area contributed by atoms with Crippen molar-refractivity contribution in [3.8, 4) is 0 Å². The highest BCUT2D eigenvalue weighted by Gasteiger charge is 2.29. The first-order valence-electron chi connectivity index (χ1n) is 10.4. The molecule has 7 heteroatoms. The lowest BCUT2D eigenvalue weighted by molar-refractivity contribution is -0.126. The number of hydrogen-bond donors (Lipinski definition) is 2. The normalized spacial score (nSPS) is 18.2. The van der Waals surface area contributed by atoms with Crippen molar-refractivity contribution >= 4 is 22.9 Å². The Bertz CT molecular complexity index is 921. The monoisotopic (exact) mass is 392 g/mol. The van der Waals surface area contributed by atoms with Gasteiger partial charge in [0.05, 0.1) is 23.0 Å². The van der Waals surface area contributed by atoms with Crippen LogP contribution in [0.25, 0.3) is 11.0 Å². The summed E-state index contributed by atoms with van der Waals surface area (Å²) in [5.74, 6) is 1.96. The minimum Gasteiger partial charge on any atom is -0.346 e. The van der Waals surface area contributed by atoms with Gasteiger partial charge in [0.15, 0.2) is 0 Å². The number of hydrogen-bond acceptors (Lipinski definition) is 5. The third kappa shape index (κ3) is 4.55. The molecule has 4 rings (SSSR count). The fourth-order valence-corrected chi connectivity index (χ4v) is 3.96. The van der Waals surface area contributed by atoms with E-state index in [1.165, 1.54) is 0 Å². The van der Waals surface area contributed by atoms with Crippen LogP contribution in [-0.2, 0) is 4.79 Å². The fraction of sp³-hybridized carbons (Fsp3) is 0.455. The average molecular weight is 393 g/mol. The summed E-state index contributed by atoms with van der Waals surface area (Å²) in [6.45, 7) is 5.85. The molecule has 152 valence electrons. The first-order valence-corrected chi connectivity index (χ1v) is 10.4. The number of aromatic nitrogens is 4. The van der Waals surface area contributed by atoms with Gasteiger partial charge in [0.2, 0.25) is 11.9 Å². The lowest BCUT2D eigenvalue weighted by Gasteiger charge is -2.32. The van der Waals surface area contributed by atoms with Crippen molar-refractivity contribution in [2.45, 2.75) is 39.2 Å². The molecule has 2 aromatic heterocycles. The third-order valence-electron chi connectivity index (χ3n) is 5.39. The second-order valence-electron chi connectivity index (χ2n) is 8.16. The summed E-state index contributed by atoms with van der Waals surface area (Å²) < 4.78 is 0. The zero-order valence-corrected chi connectivity index (χ0v) is 17.0. The van der Waals surface area contributed by atoms with E-state index in [1.807, 2.05) is 30.3 Å². The summed E-state index contributed by atoms with van der Waals surface area (Å²) in [5.41, 5.74) is 1.92. The summed E-state index contributed by atoms with van der Waals surface area (Å²) >= 11 is 0. The average Bonchev–Trinajstić information content (AvgIpc) is 3.18. The Morgan fingerprint density at radius 1 is 1.24 bits per heavy atom. The summed E-state index contributed by atoms with van der Waals surface area (Å²) in [6.07, 6.45) is 6.15. The summed E-state index contributed by atoms with van der Waals surface area (Å²) in [4.78, 5) is 32.0. The number of benzene rings is 1. The molecule has 3 aromatic rings. The molecule has 3 heterocycles. The van der Waals surface area contributed by atoms with Crippen molar-refractivity contribution in [3.63, 3.8) is 0 Å². The smallest absolute Gasteiger partial charge is 0.225 e. The molecule has 7 nitrogen and oxygen atoms in total. The topological polar surface area (TPSA) is 86.8 Å². The number of H-pyrrole nitrogens is 1. The van der Waals surface area contributed by atoms with E-state index in [0.717, 1.165) is 42.7 Å². The van der Waals surface area contributed by atoms with Crippen LogP contribution in [0.2, 0.25) is 0 Å². The number of aromatic amines is 1. The summed E-state index contributed by atoms with van der Waals surface area (Å²) in [6, 6.07) is 9.65. The van der Waals surface area contributed by atoms with Crippen LogP contribution in [0.5, 0.6) is 0 Å². The fourth-order valence-electron chi connectivity index (χ4n) is 3.96.